The summed E-state index contributed by atoms with van der Waals surface area (Å²) < 4.78 is 32.7. The molecule has 0 aliphatic heterocycles. The molecule has 0 saturated heterocycles. The molecule has 0 bridgehead atoms. The molecule has 0 fully saturated rings. The highest BCUT2D eigenvalue weighted by Gasteiger charge is 2.34. The minimum atomic E-state index is -1.75. The van der Waals surface area contributed by atoms with Crippen LogP contribution in [0.3, 0.4) is 0 Å². The lowest BCUT2D eigenvalue weighted by molar-refractivity contribution is 0.0143. The SMILES string of the molecule is CC(C)(C)N(Cc1cc(F)cc(Br)c1O)C(=O)OC(CO)C(=O)c1cc(F)cc(Br)c1O. The van der Waals surface area contributed by atoms with E-state index < -0.39 is 53.1 Å². The molecule has 0 saturated carbocycles. The van der Waals surface area contributed by atoms with Crippen LogP contribution in [0.1, 0.15) is 36.7 Å². The van der Waals surface area contributed by atoms with E-state index in [0.717, 1.165) is 29.2 Å². The number of phenolic OH excluding ortho intramolecular Hbond substituents is 2. The normalized spacial score (nSPS) is 12.4. The Hall–Kier alpha value is -2.24. The van der Waals surface area contributed by atoms with Crippen LogP contribution < -0.4 is 0 Å². The highest BCUT2D eigenvalue weighted by Crippen LogP contribution is 2.33. The van der Waals surface area contributed by atoms with E-state index in [1.165, 1.54) is 0 Å². The van der Waals surface area contributed by atoms with Gasteiger partial charge in [-0.25, -0.2) is 13.6 Å². The Morgan fingerprint density at radius 1 is 1.03 bits per heavy atom. The van der Waals surface area contributed by atoms with E-state index in [1.54, 1.807) is 20.8 Å². The van der Waals surface area contributed by atoms with Crippen LogP contribution >= 0.6 is 31.9 Å². The Kier molecular flexibility index (Phi) is 8.24. The molecular weight excluding hydrogens is 560 g/mol. The summed E-state index contributed by atoms with van der Waals surface area (Å²) in [5, 5.41) is 29.9. The number of amides is 1. The average Bonchev–Trinajstić information content (AvgIpc) is 2.68. The molecule has 7 nitrogen and oxygen atoms in total. The van der Waals surface area contributed by atoms with Crippen LogP contribution in [-0.4, -0.2) is 50.3 Å². The van der Waals surface area contributed by atoms with Crippen LogP contribution in [0, 0.1) is 11.6 Å². The number of ketones is 1. The Balaban J connectivity index is 2.34. The summed E-state index contributed by atoms with van der Waals surface area (Å²) in [4.78, 5) is 26.7. The van der Waals surface area contributed by atoms with Crippen molar-refractivity contribution in [3.8, 4) is 11.5 Å². The summed E-state index contributed by atoms with van der Waals surface area (Å²) in [6.45, 7) is 3.71. The minimum Gasteiger partial charge on any atom is -0.506 e. The van der Waals surface area contributed by atoms with Gasteiger partial charge in [0.2, 0.25) is 5.78 Å². The predicted molar refractivity (Wildman–Crippen MR) is 119 cm³/mol. The fourth-order valence-corrected chi connectivity index (χ4v) is 3.68. The van der Waals surface area contributed by atoms with Gasteiger partial charge in [0, 0.05) is 11.1 Å². The summed E-state index contributed by atoms with van der Waals surface area (Å²) >= 11 is 5.94. The van der Waals surface area contributed by atoms with Gasteiger partial charge in [-0.1, -0.05) is 0 Å². The molecule has 174 valence electrons. The first kappa shape index (κ1) is 26.0. The molecule has 2 rings (SSSR count). The molecule has 3 N–H and O–H groups in total. The van der Waals surface area contributed by atoms with E-state index in [-0.39, 0.29) is 26.8 Å². The Morgan fingerprint density at radius 2 is 1.56 bits per heavy atom. The number of halogens is 4. The van der Waals surface area contributed by atoms with Gasteiger partial charge in [-0.05, 0) is 76.9 Å². The van der Waals surface area contributed by atoms with Gasteiger partial charge in [-0.2, -0.15) is 0 Å². The molecule has 32 heavy (non-hydrogen) atoms. The van der Waals surface area contributed by atoms with Crippen LogP contribution in [0.2, 0.25) is 0 Å². The third kappa shape index (κ3) is 5.96. The summed E-state index contributed by atoms with van der Waals surface area (Å²) in [5.74, 6) is -3.36. The number of Topliss-reactive ketones (excluding diaryl/α,β-unsaturated/α-hetero) is 1. The van der Waals surface area contributed by atoms with Gasteiger partial charge in [0.1, 0.15) is 23.1 Å². The van der Waals surface area contributed by atoms with Crippen LogP contribution in [0.15, 0.2) is 33.2 Å². The molecule has 1 amide bonds. The number of carbonyl (C=O) groups excluding carboxylic acids is 2. The summed E-state index contributed by atoms with van der Waals surface area (Å²) in [5.41, 5.74) is -1.32. The number of nitrogens with zero attached hydrogens (tertiary/aromatic N) is 1. The van der Waals surface area contributed by atoms with Gasteiger partial charge in [0.15, 0.2) is 6.10 Å². The molecule has 11 heteroatoms. The van der Waals surface area contributed by atoms with Crippen molar-refractivity contribution in [3.63, 3.8) is 0 Å². The second-order valence-electron chi connectivity index (χ2n) is 7.86. The molecule has 2 aromatic carbocycles. The van der Waals surface area contributed by atoms with E-state index in [1.807, 2.05) is 0 Å². The molecule has 1 unspecified atom stereocenters. The molecular formula is C21H21Br2F2NO6. The van der Waals surface area contributed by atoms with Crippen molar-refractivity contribution >= 4 is 43.7 Å². The van der Waals surface area contributed by atoms with Gasteiger partial charge < -0.3 is 20.1 Å². The molecule has 0 aliphatic carbocycles. The summed E-state index contributed by atoms with van der Waals surface area (Å²) in [6.07, 6.45) is -2.81. The van der Waals surface area contributed by atoms with Gasteiger partial charge in [-0.15, -0.1) is 0 Å². The number of ether oxygens (including phenoxy) is 1. The number of phenols is 2. The largest absolute Gasteiger partial charge is 0.506 e. The smallest absolute Gasteiger partial charge is 0.411 e. The summed E-state index contributed by atoms with van der Waals surface area (Å²) in [6, 6.07) is 3.80. The van der Waals surface area contributed by atoms with Crippen molar-refractivity contribution in [2.24, 2.45) is 0 Å². The number of hydrogen-bond donors (Lipinski definition) is 3. The second kappa shape index (κ2) is 10.1. The number of carbonyl (C=O) groups is 2. The highest BCUT2D eigenvalue weighted by molar-refractivity contribution is 9.10. The third-order valence-electron chi connectivity index (χ3n) is 4.46. The van der Waals surface area contributed by atoms with Gasteiger partial charge in [-0.3, -0.25) is 9.69 Å². The molecule has 2 aromatic rings. The maximum absolute atomic E-state index is 13.8. The monoisotopic (exact) mass is 579 g/mol. The van der Waals surface area contributed by atoms with Crippen LogP contribution in [0.25, 0.3) is 0 Å². The molecule has 0 spiro atoms. The zero-order valence-electron chi connectivity index (χ0n) is 17.3. The van der Waals surface area contributed by atoms with E-state index in [2.05, 4.69) is 31.9 Å². The minimum absolute atomic E-state index is 0.0716. The topological polar surface area (TPSA) is 107 Å². The quantitative estimate of drug-likeness (QED) is 0.420. The van der Waals surface area contributed by atoms with Crippen molar-refractivity contribution in [3.05, 3.63) is 56.0 Å². The van der Waals surface area contributed by atoms with E-state index in [0.29, 0.717) is 0 Å². The summed E-state index contributed by atoms with van der Waals surface area (Å²) in [7, 11) is 0. The third-order valence-corrected chi connectivity index (χ3v) is 5.67. The highest BCUT2D eigenvalue weighted by atomic mass is 79.9. The Labute approximate surface area is 199 Å². The fourth-order valence-electron chi connectivity index (χ4n) is 2.77. The lowest BCUT2D eigenvalue weighted by atomic mass is 10.0. The zero-order valence-corrected chi connectivity index (χ0v) is 20.5. The molecule has 1 atom stereocenters. The molecule has 0 aliphatic rings. The van der Waals surface area contributed by atoms with Crippen LogP contribution in [-0.2, 0) is 11.3 Å². The first-order valence-corrected chi connectivity index (χ1v) is 10.8. The fraction of sp³-hybridized carbons (Fsp3) is 0.333. The lowest BCUT2D eigenvalue weighted by Gasteiger charge is -2.35. The van der Waals surface area contributed by atoms with Gasteiger partial charge in [0.05, 0.1) is 27.7 Å². The van der Waals surface area contributed by atoms with E-state index in [9.17, 15) is 33.7 Å². The first-order chi connectivity index (χ1) is 14.8. The van der Waals surface area contributed by atoms with E-state index >= 15 is 0 Å². The zero-order chi connectivity index (χ0) is 24.4. The number of aromatic hydroxyl groups is 2. The number of rotatable bonds is 6. The van der Waals surface area contributed by atoms with Crippen LogP contribution in [0.4, 0.5) is 13.6 Å². The molecule has 0 heterocycles. The first-order valence-electron chi connectivity index (χ1n) is 9.24. The maximum Gasteiger partial charge on any atom is 0.411 e. The van der Waals surface area contributed by atoms with Crippen molar-refractivity contribution in [1.29, 1.82) is 0 Å². The number of aliphatic hydroxyl groups excluding tert-OH is 1. The second-order valence-corrected chi connectivity index (χ2v) is 9.56. The average molecular weight is 581 g/mol. The predicted octanol–water partition coefficient (Wildman–Crippen LogP) is 4.88. The Morgan fingerprint density at radius 3 is 2.09 bits per heavy atom. The van der Waals surface area contributed by atoms with Crippen molar-refractivity contribution in [2.45, 2.75) is 39.0 Å². The Bertz CT molecular complexity index is 1040. The van der Waals surface area contributed by atoms with Gasteiger partial charge in [0.25, 0.3) is 0 Å². The standard InChI is InChI=1S/C21H21Br2F2NO6/c1-21(2,3)26(8-10-4-11(24)6-14(22)17(10)28)20(31)32-16(9-27)19(30)13-5-12(25)7-15(23)18(13)29/h4-7,16,27-29H,8-9H2,1-3H3. The van der Waals surface area contributed by atoms with Crippen LogP contribution in [0.5, 0.6) is 11.5 Å². The molecule has 0 radical (unpaired) electrons. The molecule has 0 aromatic heterocycles. The van der Waals surface area contributed by atoms with E-state index in [4.69, 9.17) is 4.74 Å². The van der Waals surface area contributed by atoms with Gasteiger partial charge >= 0.3 is 6.09 Å². The van der Waals surface area contributed by atoms with Crippen molar-refractivity contribution < 1.29 is 38.4 Å². The van der Waals surface area contributed by atoms with Crippen molar-refractivity contribution in [1.82, 2.24) is 4.90 Å². The number of aliphatic hydroxyl groups is 1. The van der Waals surface area contributed by atoms with Crippen molar-refractivity contribution in [2.75, 3.05) is 6.61 Å². The maximum atomic E-state index is 13.8. The number of hydrogen-bond acceptors (Lipinski definition) is 6. The number of benzene rings is 2. The lowest BCUT2D eigenvalue weighted by Crippen LogP contribution is -2.47.